The van der Waals surface area contributed by atoms with Crippen LogP contribution in [0.15, 0.2) is 53.9 Å². The molecule has 3 heterocycles. The van der Waals surface area contributed by atoms with Crippen molar-refractivity contribution < 1.29 is 4.39 Å². The number of halogens is 1. The zero-order valence-corrected chi connectivity index (χ0v) is 15.7. The van der Waals surface area contributed by atoms with Crippen molar-refractivity contribution in [1.29, 1.82) is 0 Å². The Hall–Kier alpha value is -3.46. The van der Waals surface area contributed by atoms with E-state index in [2.05, 4.69) is 25.6 Å². The molecular formula is C19H16FN7S. The first kappa shape index (κ1) is 17.9. The van der Waals surface area contributed by atoms with Gasteiger partial charge < -0.3 is 5.73 Å². The lowest BCUT2D eigenvalue weighted by atomic mass is 10.1. The van der Waals surface area contributed by atoms with Crippen LogP contribution in [0, 0.1) is 5.82 Å². The van der Waals surface area contributed by atoms with E-state index in [0.717, 1.165) is 11.1 Å². The van der Waals surface area contributed by atoms with Gasteiger partial charge in [0.2, 0.25) is 0 Å². The van der Waals surface area contributed by atoms with E-state index >= 15 is 0 Å². The topological polar surface area (TPSA) is 93.5 Å². The summed E-state index contributed by atoms with van der Waals surface area (Å²) in [4.78, 5) is 8.53. The molecule has 9 heteroatoms. The molecule has 28 heavy (non-hydrogen) atoms. The zero-order chi connectivity index (χ0) is 19.7. The van der Waals surface area contributed by atoms with E-state index in [-0.39, 0.29) is 10.9 Å². The molecule has 0 aliphatic rings. The predicted molar refractivity (Wildman–Crippen MR) is 110 cm³/mol. The summed E-state index contributed by atoms with van der Waals surface area (Å²) < 4.78 is 16.2. The normalized spacial score (nSPS) is 11.9. The molecule has 3 N–H and O–H groups in total. The number of rotatable bonds is 4. The van der Waals surface area contributed by atoms with Crippen molar-refractivity contribution in [3.05, 3.63) is 71.6 Å². The molecule has 0 aliphatic heterocycles. The number of nitrogens with one attached hydrogen (secondary N) is 1. The number of hydrogen-bond donors (Lipinski definition) is 2. The SMILES string of the molecule is C/C(=N\NC(N)=S)c1ccc2ncc(Cc3cc4cccnc4cc3F)n2n1. The molecular weight excluding hydrogens is 377 g/mol. The summed E-state index contributed by atoms with van der Waals surface area (Å²) in [5.74, 6) is -0.310. The summed E-state index contributed by atoms with van der Waals surface area (Å²) in [5.41, 5.74) is 11.8. The van der Waals surface area contributed by atoms with Gasteiger partial charge in [0.05, 0.1) is 23.1 Å². The molecule has 0 spiro atoms. The first-order valence-corrected chi connectivity index (χ1v) is 8.89. The fourth-order valence-electron chi connectivity index (χ4n) is 2.90. The van der Waals surface area contributed by atoms with Crippen LogP contribution < -0.4 is 11.2 Å². The fraction of sp³-hybridized carbons (Fsp3) is 0.105. The Kier molecular flexibility index (Phi) is 4.66. The van der Waals surface area contributed by atoms with Gasteiger partial charge in [0.15, 0.2) is 10.8 Å². The average Bonchev–Trinajstić information content (AvgIpc) is 3.08. The molecule has 140 valence electrons. The maximum Gasteiger partial charge on any atom is 0.184 e. The smallest absolute Gasteiger partial charge is 0.184 e. The summed E-state index contributed by atoms with van der Waals surface area (Å²) in [6, 6.07) is 10.6. The fourth-order valence-corrected chi connectivity index (χ4v) is 2.95. The zero-order valence-electron chi connectivity index (χ0n) is 14.9. The summed E-state index contributed by atoms with van der Waals surface area (Å²) in [5, 5.41) is 9.61. The monoisotopic (exact) mass is 393 g/mol. The number of hydrazone groups is 1. The van der Waals surface area contributed by atoms with Gasteiger partial charge >= 0.3 is 0 Å². The maximum atomic E-state index is 14.6. The van der Waals surface area contributed by atoms with E-state index in [9.17, 15) is 4.39 Å². The van der Waals surface area contributed by atoms with Gasteiger partial charge in [-0.25, -0.2) is 13.9 Å². The molecule has 4 aromatic rings. The minimum Gasteiger partial charge on any atom is -0.375 e. The summed E-state index contributed by atoms with van der Waals surface area (Å²) in [6.45, 7) is 1.78. The number of hydrogen-bond acceptors (Lipinski definition) is 5. The summed E-state index contributed by atoms with van der Waals surface area (Å²) >= 11 is 4.75. The maximum absolute atomic E-state index is 14.6. The standard InChI is InChI=1S/C19H16FN7S/c1-11(24-25-19(21)28)16-4-5-18-23-10-14(27(18)26-16)8-13-7-12-3-2-6-22-17(12)9-15(13)20/h2-7,9-10H,8H2,1H3,(H3,21,25,28)/b24-11+. The molecule has 3 aromatic heterocycles. The Balaban J connectivity index is 1.71. The highest BCUT2D eigenvalue weighted by Crippen LogP contribution is 2.20. The molecule has 0 amide bonds. The summed E-state index contributed by atoms with van der Waals surface area (Å²) in [7, 11) is 0. The van der Waals surface area contributed by atoms with Gasteiger partial charge in [-0.15, -0.1) is 0 Å². The van der Waals surface area contributed by atoms with Crippen LogP contribution in [-0.2, 0) is 6.42 Å². The Bertz CT molecular complexity index is 1230. The molecule has 1 aromatic carbocycles. The van der Waals surface area contributed by atoms with Crippen LogP contribution in [0.25, 0.3) is 16.6 Å². The van der Waals surface area contributed by atoms with Gasteiger partial charge in [-0.05, 0) is 49.0 Å². The molecule has 0 radical (unpaired) electrons. The second-order valence-corrected chi connectivity index (χ2v) is 6.67. The Morgan fingerprint density at radius 1 is 1.29 bits per heavy atom. The van der Waals surface area contributed by atoms with Crippen molar-refractivity contribution >= 4 is 39.6 Å². The lowest BCUT2D eigenvalue weighted by molar-refractivity contribution is 0.614. The highest BCUT2D eigenvalue weighted by molar-refractivity contribution is 7.80. The first-order chi connectivity index (χ1) is 13.5. The molecule has 0 saturated carbocycles. The van der Waals surface area contributed by atoms with Crippen molar-refractivity contribution in [1.82, 2.24) is 25.0 Å². The molecule has 7 nitrogen and oxygen atoms in total. The minimum atomic E-state index is -0.310. The van der Waals surface area contributed by atoms with Crippen molar-refractivity contribution in [2.75, 3.05) is 0 Å². The van der Waals surface area contributed by atoms with Crippen LogP contribution in [0.4, 0.5) is 4.39 Å². The third-order valence-corrected chi connectivity index (χ3v) is 4.37. The molecule has 4 rings (SSSR count). The van der Waals surface area contributed by atoms with E-state index in [1.54, 1.807) is 36.0 Å². The van der Waals surface area contributed by atoms with Crippen LogP contribution in [0.2, 0.25) is 0 Å². The number of thiocarbonyl (C=S) groups is 1. The Labute approximate surface area is 165 Å². The number of nitrogens with zero attached hydrogens (tertiary/aromatic N) is 5. The van der Waals surface area contributed by atoms with Crippen molar-refractivity contribution in [2.45, 2.75) is 13.3 Å². The van der Waals surface area contributed by atoms with Crippen molar-refractivity contribution in [3.8, 4) is 0 Å². The molecule has 0 unspecified atom stereocenters. The van der Waals surface area contributed by atoms with E-state index < -0.39 is 0 Å². The number of benzene rings is 1. The van der Waals surface area contributed by atoms with Crippen LogP contribution >= 0.6 is 12.2 Å². The molecule has 0 fully saturated rings. The van der Waals surface area contributed by atoms with E-state index in [1.165, 1.54) is 6.07 Å². The second kappa shape index (κ2) is 7.28. The minimum absolute atomic E-state index is 0.0741. The van der Waals surface area contributed by atoms with Crippen molar-refractivity contribution in [3.63, 3.8) is 0 Å². The molecule has 0 bridgehead atoms. The van der Waals surface area contributed by atoms with Gasteiger partial charge in [0.25, 0.3) is 0 Å². The lowest BCUT2D eigenvalue weighted by Crippen LogP contribution is -2.25. The predicted octanol–water partition coefficient (Wildman–Crippen LogP) is 2.56. The second-order valence-electron chi connectivity index (χ2n) is 6.23. The van der Waals surface area contributed by atoms with Gasteiger partial charge in [0, 0.05) is 24.1 Å². The molecule has 0 saturated heterocycles. The van der Waals surface area contributed by atoms with Crippen LogP contribution in [0.3, 0.4) is 0 Å². The number of pyridine rings is 1. The molecule has 0 aliphatic carbocycles. The van der Waals surface area contributed by atoms with Gasteiger partial charge in [0.1, 0.15) is 11.5 Å². The van der Waals surface area contributed by atoms with Gasteiger partial charge in [-0.3, -0.25) is 10.4 Å². The van der Waals surface area contributed by atoms with E-state index in [4.69, 9.17) is 18.0 Å². The van der Waals surface area contributed by atoms with Crippen molar-refractivity contribution in [2.24, 2.45) is 10.8 Å². The van der Waals surface area contributed by atoms with E-state index in [1.807, 2.05) is 18.2 Å². The van der Waals surface area contributed by atoms with Crippen LogP contribution in [0.5, 0.6) is 0 Å². The first-order valence-electron chi connectivity index (χ1n) is 8.48. The average molecular weight is 393 g/mol. The van der Waals surface area contributed by atoms with Gasteiger partial charge in [-0.2, -0.15) is 10.2 Å². The highest BCUT2D eigenvalue weighted by Gasteiger charge is 2.12. The largest absolute Gasteiger partial charge is 0.375 e. The number of aromatic nitrogens is 4. The van der Waals surface area contributed by atoms with Crippen LogP contribution in [-0.4, -0.2) is 30.4 Å². The van der Waals surface area contributed by atoms with E-state index in [0.29, 0.717) is 34.6 Å². The highest BCUT2D eigenvalue weighted by atomic mass is 32.1. The number of imidazole rings is 1. The Morgan fingerprint density at radius 2 is 2.14 bits per heavy atom. The number of nitrogens with two attached hydrogens (primary N) is 1. The lowest BCUT2D eigenvalue weighted by Gasteiger charge is -2.07. The summed E-state index contributed by atoms with van der Waals surface area (Å²) in [6.07, 6.45) is 3.68. The Morgan fingerprint density at radius 3 is 2.96 bits per heavy atom. The molecule has 0 atom stereocenters. The van der Waals surface area contributed by atoms with Gasteiger partial charge in [-0.1, -0.05) is 6.07 Å². The quantitative estimate of drug-likeness (QED) is 0.314. The number of fused-ring (bicyclic) bond motifs is 2. The third kappa shape index (κ3) is 3.52. The third-order valence-electron chi connectivity index (χ3n) is 4.28. The van der Waals surface area contributed by atoms with Crippen LogP contribution in [0.1, 0.15) is 23.9 Å².